The second kappa shape index (κ2) is 4.10. The zero-order valence-corrected chi connectivity index (χ0v) is 9.71. The molecule has 5 heteroatoms. The Morgan fingerprint density at radius 3 is 2.93 bits per heavy atom. The van der Waals surface area contributed by atoms with Crippen LogP contribution >= 0.6 is 11.3 Å². The van der Waals surface area contributed by atoms with Crippen molar-refractivity contribution in [3.63, 3.8) is 0 Å². The molecule has 0 saturated heterocycles. The van der Waals surface area contributed by atoms with E-state index in [2.05, 4.69) is 28.8 Å². The maximum atomic E-state index is 5.74. The van der Waals surface area contributed by atoms with Crippen LogP contribution in [-0.2, 0) is 0 Å². The molecule has 0 amide bonds. The van der Waals surface area contributed by atoms with E-state index < -0.39 is 0 Å². The van der Waals surface area contributed by atoms with Crippen LogP contribution in [0.5, 0.6) is 0 Å². The third-order valence-electron chi connectivity index (χ3n) is 2.38. The number of nitrogen functional groups attached to an aromatic ring is 1. The third kappa shape index (κ3) is 1.92. The molecule has 0 spiro atoms. The van der Waals surface area contributed by atoms with E-state index >= 15 is 0 Å². The van der Waals surface area contributed by atoms with Crippen molar-refractivity contribution in [3.05, 3.63) is 11.3 Å². The maximum absolute atomic E-state index is 5.74. The van der Waals surface area contributed by atoms with Crippen molar-refractivity contribution >= 4 is 27.5 Å². The lowest BCUT2D eigenvalue weighted by Gasteiger charge is -2.03. The Hall–Kier alpha value is -1.23. The first-order valence-electron chi connectivity index (χ1n) is 5.09. The zero-order chi connectivity index (χ0) is 10.8. The SMILES string of the molecule is CCCC(C)c1nc2c(N)ncnc2s1. The molecule has 0 aliphatic carbocycles. The third-order valence-corrected chi connectivity index (χ3v) is 3.58. The van der Waals surface area contributed by atoms with Gasteiger partial charge in [-0.15, -0.1) is 0 Å². The van der Waals surface area contributed by atoms with Crippen molar-refractivity contribution in [2.24, 2.45) is 0 Å². The van der Waals surface area contributed by atoms with Gasteiger partial charge in [0.15, 0.2) is 5.82 Å². The average Bonchev–Trinajstić information content (AvgIpc) is 2.63. The largest absolute Gasteiger partial charge is 0.382 e. The van der Waals surface area contributed by atoms with Crippen LogP contribution in [0, 0.1) is 0 Å². The summed E-state index contributed by atoms with van der Waals surface area (Å²) in [5, 5.41) is 1.11. The topological polar surface area (TPSA) is 64.7 Å². The van der Waals surface area contributed by atoms with Gasteiger partial charge in [0.05, 0.1) is 5.01 Å². The number of hydrogen-bond donors (Lipinski definition) is 1. The van der Waals surface area contributed by atoms with E-state index in [9.17, 15) is 0 Å². The van der Waals surface area contributed by atoms with E-state index in [0.29, 0.717) is 11.7 Å². The molecule has 2 aromatic heterocycles. The molecular formula is C10H14N4S. The van der Waals surface area contributed by atoms with Crippen molar-refractivity contribution in [2.75, 3.05) is 5.73 Å². The molecule has 1 atom stereocenters. The van der Waals surface area contributed by atoms with Crippen molar-refractivity contribution in [3.8, 4) is 0 Å². The lowest BCUT2D eigenvalue weighted by atomic mass is 10.1. The number of aromatic nitrogens is 3. The Labute approximate surface area is 92.6 Å². The molecule has 0 radical (unpaired) electrons. The minimum atomic E-state index is 0.478. The summed E-state index contributed by atoms with van der Waals surface area (Å²) in [7, 11) is 0. The number of hydrogen-bond acceptors (Lipinski definition) is 5. The van der Waals surface area contributed by atoms with E-state index in [1.165, 1.54) is 6.33 Å². The van der Waals surface area contributed by atoms with Crippen LogP contribution in [0.1, 0.15) is 37.6 Å². The lowest BCUT2D eigenvalue weighted by molar-refractivity contribution is 0.662. The highest BCUT2D eigenvalue weighted by Crippen LogP contribution is 2.29. The van der Waals surface area contributed by atoms with Gasteiger partial charge < -0.3 is 5.73 Å². The maximum Gasteiger partial charge on any atom is 0.154 e. The van der Waals surface area contributed by atoms with Gasteiger partial charge in [-0.2, -0.15) is 0 Å². The van der Waals surface area contributed by atoms with Crippen molar-refractivity contribution in [2.45, 2.75) is 32.6 Å². The summed E-state index contributed by atoms with van der Waals surface area (Å²) in [5.74, 6) is 0.958. The van der Waals surface area contributed by atoms with E-state index in [1.54, 1.807) is 11.3 Å². The van der Waals surface area contributed by atoms with Crippen LogP contribution < -0.4 is 5.73 Å². The zero-order valence-electron chi connectivity index (χ0n) is 8.90. The molecule has 1 unspecified atom stereocenters. The Morgan fingerprint density at radius 1 is 1.47 bits per heavy atom. The van der Waals surface area contributed by atoms with Gasteiger partial charge in [0, 0.05) is 5.92 Å². The summed E-state index contributed by atoms with van der Waals surface area (Å²) in [4.78, 5) is 13.5. The molecule has 0 saturated carbocycles. The lowest BCUT2D eigenvalue weighted by Crippen LogP contribution is -1.93. The van der Waals surface area contributed by atoms with E-state index in [-0.39, 0.29) is 0 Å². The molecule has 0 aromatic carbocycles. The van der Waals surface area contributed by atoms with Gasteiger partial charge in [0.2, 0.25) is 0 Å². The monoisotopic (exact) mass is 222 g/mol. The predicted molar refractivity (Wildman–Crippen MR) is 62.9 cm³/mol. The Bertz CT molecular complexity index is 465. The van der Waals surface area contributed by atoms with Gasteiger partial charge >= 0.3 is 0 Å². The van der Waals surface area contributed by atoms with Crippen molar-refractivity contribution in [1.29, 1.82) is 0 Å². The predicted octanol–water partition coefficient (Wildman–Crippen LogP) is 2.57. The molecule has 0 fully saturated rings. The minimum Gasteiger partial charge on any atom is -0.382 e. The first kappa shape index (κ1) is 10.3. The number of nitrogens with two attached hydrogens (primary N) is 1. The molecule has 2 heterocycles. The van der Waals surface area contributed by atoms with Crippen LogP contribution in [0.15, 0.2) is 6.33 Å². The molecule has 2 aromatic rings. The fourth-order valence-electron chi connectivity index (χ4n) is 1.55. The number of thiazole rings is 1. The average molecular weight is 222 g/mol. The highest BCUT2D eigenvalue weighted by molar-refractivity contribution is 7.18. The van der Waals surface area contributed by atoms with Crippen molar-refractivity contribution in [1.82, 2.24) is 15.0 Å². The normalized spacial score (nSPS) is 13.2. The molecule has 15 heavy (non-hydrogen) atoms. The van der Waals surface area contributed by atoms with Crippen LogP contribution in [0.2, 0.25) is 0 Å². The number of rotatable bonds is 3. The van der Waals surface area contributed by atoms with E-state index in [0.717, 1.165) is 28.2 Å². The Morgan fingerprint density at radius 2 is 2.27 bits per heavy atom. The summed E-state index contributed by atoms with van der Waals surface area (Å²) in [6, 6.07) is 0. The second-order valence-corrected chi connectivity index (χ2v) is 4.66. The molecule has 0 bridgehead atoms. The summed E-state index contributed by atoms with van der Waals surface area (Å²) < 4.78 is 0. The highest BCUT2D eigenvalue weighted by Gasteiger charge is 2.13. The number of fused-ring (bicyclic) bond motifs is 1. The van der Waals surface area contributed by atoms with E-state index in [1.807, 2.05) is 0 Å². The molecular weight excluding hydrogens is 208 g/mol. The number of anilines is 1. The highest BCUT2D eigenvalue weighted by atomic mass is 32.1. The first-order chi connectivity index (χ1) is 7.22. The molecule has 80 valence electrons. The summed E-state index contributed by atoms with van der Waals surface area (Å²) in [5.41, 5.74) is 6.49. The van der Waals surface area contributed by atoms with Crippen LogP contribution in [0.4, 0.5) is 5.82 Å². The van der Waals surface area contributed by atoms with Gasteiger partial charge in [0.1, 0.15) is 16.7 Å². The fourth-order valence-corrected chi connectivity index (χ4v) is 2.56. The smallest absolute Gasteiger partial charge is 0.154 e. The van der Waals surface area contributed by atoms with Gasteiger partial charge in [-0.25, -0.2) is 15.0 Å². The van der Waals surface area contributed by atoms with Gasteiger partial charge in [0.25, 0.3) is 0 Å². The molecule has 0 aliphatic rings. The summed E-state index contributed by atoms with van der Waals surface area (Å²) in [6.07, 6.45) is 3.80. The molecule has 0 aliphatic heterocycles. The summed E-state index contributed by atoms with van der Waals surface area (Å²) >= 11 is 1.62. The van der Waals surface area contributed by atoms with Crippen molar-refractivity contribution < 1.29 is 0 Å². The Kier molecular flexibility index (Phi) is 2.81. The summed E-state index contributed by atoms with van der Waals surface area (Å²) in [6.45, 7) is 4.36. The first-order valence-corrected chi connectivity index (χ1v) is 5.91. The Balaban J connectivity index is 2.43. The van der Waals surface area contributed by atoms with Gasteiger partial charge in [-0.3, -0.25) is 0 Å². The number of nitrogens with zero attached hydrogens (tertiary/aromatic N) is 3. The van der Waals surface area contributed by atoms with E-state index in [4.69, 9.17) is 5.73 Å². The second-order valence-electron chi connectivity index (χ2n) is 3.65. The van der Waals surface area contributed by atoms with Crippen LogP contribution in [-0.4, -0.2) is 15.0 Å². The minimum absolute atomic E-state index is 0.478. The van der Waals surface area contributed by atoms with Gasteiger partial charge in [-0.1, -0.05) is 31.6 Å². The van der Waals surface area contributed by atoms with Crippen LogP contribution in [0.25, 0.3) is 10.3 Å². The molecule has 4 nitrogen and oxygen atoms in total. The molecule has 2 rings (SSSR count). The molecule has 2 N–H and O–H groups in total. The fraction of sp³-hybridized carbons (Fsp3) is 0.500. The quantitative estimate of drug-likeness (QED) is 0.866. The standard InChI is InChI=1S/C10H14N4S/c1-3-4-6(2)9-14-7-8(11)12-5-13-10(7)15-9/h5-6H,3-4H2,1-2H3,(H2,11,12,13). The van der Waals surface area contributed by atoms with Crippen LogP contribution in [0.3, 0.4) is 0 Å². The van der Waals surface area contributed by atoms with Gasteiger partial charge in [-0.05, 0) is 6.42 Å².